The van der Waals surface area contributed by atoms with E-state index in [1.807, 2.05) is 19.1 Å². The topological polar surface area (TPSA) is 84.6 Å². The summed E-state index contributed by atoms with van der Waals surface area (Å²) in [5.41, 5.74) is 6.10. The van der Waals surface area contributed by atoms with Crippen LogP contribution in [-0.2, 0) is 11.3 Å². The summed E-state index contributed by atoms with van der Waals surface area (Å²) in [4.78, 5) is 10.5. The first kappa shape index (κ1) is 14.5. The molecule has 0 aliphatic heterocycles. The molecule has 5 heteroatoms. The number of aliphatic hydroxyl groups excluding tert-OH is 1. The molecular weight excluding hydrogens is 232 g/mol. The molecule has 18 heavy (non-hydrogen) atoms. The monoisotopic (exact) mass is 252 g/mol. The van der Waals surface area contributed by atoms with Crippen molar-refractivity contribution in [3.05, 3.63) is 29.8 Å². The molecule has 0 radical (unpaired) electrons. The molecule has 0 aliphatic rings. The van der Waals surface area contributed by atoms with Gasteiger partial charge >= 0.3 is 0 Å². The Morgan fingerprint density at radius 2 is 2.11 bits per heavy atom. The molecule has 1 aromatic rings. The van der Waals surface area contributed by atoms with Gasteiger partial charge in [-0.15, -0.1) is 0 Å². The minimum absolute atomic E-state index is 0.106. The van der Waals surface area contributed by atoms with Gasteiger partial charge in [0.15, 0.2) is 6.61 Å². The zero-order valence-electron chi connectivity index (χ0n) is 10.6. The summed E-state index contributed by atoms with van der Waals surface area (Å²) in [5.74, 6) is 0.138. The number of rotatable bonds is 8. The van der Waals surface area contributed by atoms with E-state index in [9.17, 15) is 4.79 Å². The van der Waals surface area contributed by atoms with Gasteiger partial charge in [0.25, 0.3) is 5.91 Å². The number of aliphatic hydroxyl groups is 1. The van der Waals surface area contributed by atoms with E-state index in [4.69, 9.17) is 15.6 Å². The van der Waals surface area contributed by atoms with E-state index < -0.39 is 5.91 Å². The Hall–Kier alpha value is -1.59. The second-order valence-corrected chi connectivity index (χ2v) is 4.19. The van der Waals surface area contributed by atoms with Gasteiger partial charge in [0, 0.05) is 19.2 Å². The van der Waals surface area contributed by atoms with Gasteiger partial charge in [0.2, 0.25) is 0 Å². The number of nitrogens with two attached hydrogens (primary N) is 1. The Morgan fingerprint density at radius 3 is 2.67 bits per heavy atom. The van der Waals surface area contributed by atoms with Crippen LogP contribution >= 0.6 is 0 Å². The molecule has 0 spiro atoms. The van der Waals surface area contributed by atoms with Gasteiger partial charge in [-0.05, 0) is 31.0 Å². The predicted molar refractivity (Wildman–Crippen MR) is 69.1 cm³/mol. The number of nitrogens with one attached hydrogen (secondary N) is 1. The normalized spacial score (nSPS) is 12.1. The highest BCUT2D eigenvalue weighted by Gasteiger charge is 2.01. The lowest BCUT2D eigenvalue weighted by molar-refractivity contribution is -0.119. The zero-order valence-corrected chi connectivity index (χ0v) is 10.6. The lowest BCUT2D eigenvalue weighted by Gasteiger charge is -2.12. The highest BCUT2D eigenvalue weighted by molar-refractivity contribution is 5.75. The second kappa shape index (κ2) is 7.68. The molecule has 0 fully saturated rings. The molecular formula is C13H20N2O3. The summed E-state index contributed by atoms with van der Waals surface area (Å²) in [6.45, 7) is 2.84. The fourth-order valence-electron chi connectivity index (χ4n) is 1.45. The third-order valence-corrected chi connectivity index (χ3v) is 2.52. The summed E-state index contributed by atoms with van der Waals surface area (Å²) < 4.78 is 5.16. The Bertz CT molecular complexity index is 365. The average Bonchev–Trinajstić information content (AvgIpc) is 2.35. The molecule has 5 nitrogen and oxygen atoms in total. The van der Waals surface area contributed by atoms with E-state index in [-0.39, 0.29) is 19.3 Å². The molecule has 1 amide bonds. The van der Waals surface area contributed by atoms with E-state index >= 15 is 0 Å². The van der Waals surface area contributed by atoms with Crippen molar-refractivity contribution in [2.75, 3.05) is 13.2 Å². The summed E-state index contributed by atoms with van der Waals surface area (Å²) in [6.07, 6.45) is 0.736. The van der Waals surface area contributed by atoms with Crippen molar-refractivity contribution in [3.8, 4) is 5.75 Å². The smallest absolute Gasteiger partial charge is 0.255 e. The molecule has 0 saturated carbocycles. The molecule has 0 bridgehead atoms. The lowest BCUT2D eigenvalue weighted by atomic mass is 10.2. The molecule has 1 rings (SSSR count). The zero-order chi connectivity index (χ0) is 13.4. The number of hydrogen-bond donors (Lipinski definition) is 3. The van der Waals surface area contributed by atoms with Gasteiger partial charge in [-0.1, -0.05) is 12.1 Å². The van der Waals surface area contributed by atoms with Crippen LogP contribution in [-0.4, -0.2) is 30.3 Å². The van der Waals surface area contributed by atoms with Gasteiger partial charge in [-0.3, -0.25) is 4.79 Å². The van der Waals surface area contributed by atoms with Crippen LogP contribution in [0, 0.1) is 0 Å². The third-order valence-electron chi connectivity index (χ3n) is 2.52. The Morgan fingerprint density at radius 1 is 1.44 bits per heavy atom. The Balaban J connectivity index is 2.38. The van der Waals surface area contributed by atoms with Crippen LogP contribution < -0.4 is 15.8 Å². The SMILES string of the molecule is CC(CCO)NCc1ccc(OCC(N)=O)cc1. The first-order valence-electron chi connectivity index (χ1n) is 5.96. The van der Waals surface area contributed by atoms with Crippen LogP contribution in [0.2, 0.25) is 0 Å². The highest BCUT2D eigenvalue weighted by atomic mass is 16.5. The van der Waals surface area contributed by atoms with Gasteiger partial charge in [-0.25, -0.2) is 0 Å². The van der Waals surface area contributed by atoms with E-state index in [0.29, 0.717) is 5.75 Å². The second-order valence-electron chi connectivity index (χ2n) is 4.19. The summed E-state index contributed by atoms with van der Waals surface area (Å²) in [7, 11) is 0. The number of amides is 1. The van der Waals surface area contributed by atoms with Crippen molar-refractivity contribution in [2.24, 2.45) is 5.73 Å². The molecule has 0 aromatic heterocycles. The fraction of sp³-hybridized carbons (Fsp3) is 0.462. The van der Waals surface area contributed by atoms with Gasteiger partial charge in [0.05, 0.1) is 0 Å². The maximum atomic E-state index is 10.5. The summed E-state index contributed by atoms with van der Waals surface area (Å²) in [6, 6.07) is 7.73. The molecule has 1 unspecified atom stereocenters. The molecule has 1 atom stereocenters. The minimum atomic E-state index is -0.487. The molecule has 0 heterocycles. The minimum Gasteiger partial charge on any atom is -0.484 e. The standard InChI is InChI=1S/C13H20N2O3/c1-10(6-7-16)15-8-11-2-4-12(5-3-11)18-9-13(14)17/h2-5,10,15-16H,6-9H2,1H3,(H2,14,17). The predicted octanol–water partition coefficient (Wildman–Crippen LogP) is 0.411. The van der Waals surface area contributed by atoms with E-state index in [0.717, 1.165) is 18.5 Å². The van der Waals surface area contributed by atoms with Crippen molar-refractivity contribution in [3.63, 3.8) is 0 Å². The number of carbonyl (C=O) groups is 1. The number of benzene rings is 1. The fourth-order valence-corrected chi connectivity index (χ4v) is 1.45. The molecule has 0 aliphatic carbocycles. The van der Waals surface area contributed by atoms with Crippen molar-refractivity contribution in [2.45, 2.75) is 25.9 Å². The Kier molecular flexibility index (Phi) is 6.18. The quantitative estimate of drug-likeness (QED) is 0.625. The maximum Gasteiger partial charge on any atom is 0.255 e. The third kappa shape index (κ3) is 5.65. The lowest BCUT2D eigenvalue weighted by Crippen LogP contribution is -2.26. The van der Waals surface area contributed by atoms with Crippen molar-refractivity contribution in [1.29, 1.82) is 0 Å². The average molecular weight is 252 g/mol. The van der Waals surface area contributed by atoms with Crippen LogP contribution in [0.25, 0.3) is 0 Å². The first-order valence-corrected chi connectivity index (χ1v) is 5.96. The number of hydrogen-bond acceptors (Lipinski definition) is 4. The van der Waals surface area contributed by atoms with Gasteiger partial charge in [0.1, 0.15) is 5.75 Å². The number of primary amides is 1. The Labute approximate surface area is 107 Å². The van der Waals surface area contributed by atoms with Crippen LogP contribution in [0.15, 0.2) is 24.3 Å². The molecule has 0 saturated heterocycles. The highest BCUT2D eigenvalue weighted by Crippen LogP contribution is 2.12. The number of ether oxygens (including phenoxy) is 1. The van der Waals surface area contributed by atoms with E-state index in [1.54, 1.807) is 12.1 Å². The number of carbonyl (C=O) groups excluding carboxylic acids is 1. The van der Waals surface area contributed by atoms with E-state index in [2.05, 4.69) is 5.32 Å². The van der Waals surface area contributed by atoms with Gasteiger partial charge < -0.3 is 20.9 Å². The van der Waals surface area contributed by atoms with Crippen LogP contribution in [0.3, 0.4) is 0 Å². The van der Waals surface area contributed by atoms with Crippen molar-refractivity contribution in [1.82, 2.24) is 5.32 Å². The molecule has 4 N–H and O–H groups in total. The van der Waals surface area contributed by atoms with Crippen LogP contribution in [0.4, 0.5) is 0 Å². The van der Waals surface area contributed by atoms with E-state index in [1.165, 1.54) is 0 Å². The molecule has 100 valence electrons. The van der Waals surface area contributed by atoms with Crippen molar-refractivity contribution >= 4 is 5.91 Å². The van der Waals surface area contributed by atoms with Crippen LogP contribution in [0.1, 0.15) is 18.9 Å². The van der Waals surface area contributed by atoms with Crippen molar-refractivity contribution < 1.29 is 14.6 Å². The van der Waals surface area contributed by atoms with Crippen LogP contribution in [0.5, 0.6) is 5.75 Å². The summed E-state index contributed by atoms with van der Waals surface area (Å²) >= 11 is 0. The summed E-state index contributed by atoms with van der Waals surface area (Å²) in [5, 5.41) is 12.1. The largest absolute Gasteiger partial charge is 0.484 e. The first-order chi connectivity index (χ1) is 8.61. The maximum absolute atomic E-state index is 10.5. The van der Waals surface area contributed by atoms with Gasteiger partial charge in [-0.2, -0.15) is 0 Å². The molecule has 1 aromatic carbocycles.